The van der Waals surface area contributed by atoms with Gasteiger partial charge in [0.1, 0.15) is 5.82 Å². The first kappa shape index (κ1) is 19.2. The van der Waals surface area contributed by atoms with Crippen molar-refractivity contribution in [2.45, 2.75) is 84.0 Å². The van der Waals surface area contributed by atoms with Gasteiger partial charge >= 0.3 is 0 Å². The molecule has 0 N–H and O–H groups in total. The summed E-state index contributed by atoms with van der Waals surface area (Å²) in [6.07, 6.45) is 18.7. The van der Waals surface area contributed by atoms with Crippen LogP contribution >= 0.6 is 0 Å². The summed E-state index contributed by atoms with van der Waals surface area (Å²) in [5.74, 6) is 5.25. The van der Waals surface area contributed by atoms with Crippen LogP contribution in [-0.2, 0) is 0 Å². The Kier molecular flexibility index (Phi) is 6.05. The summed E-state index contributed by atoms with van der Waals surface area (Å²) in [5.41, 5.74) is 2.03. The average Bonchev–Trinajstić information content (AvgIpc) is 2.70. The molecule has 4 rings (SSSR count). The monoisotopic (exact) mass is 368 g/mol. The van der Waals surface area contributed by atoms with Gasteiger partial charge in [-0.15, -0.1) is 0 Å². The van der Waals surface area contributed by atoms with Crippen molar-refractivity contribution in [1.29, 1.82) is 0 Å². The Bertz CT molecular complexity index is 652. The molecule has 148 valence electrons. The normalized spacial score (nSPS) is 37.3. The Balaban J connectivity index is 1.32. The molecule has 3 aliphatic carbocycles. The molecule has 0 aliphatic heterocycles. The molecule has 1 aromatic carbocycles. The molecule has 0 heterocycles. The van der Waals surface area contributed by atoms with Gasteiger partial charge in [-0.05, 0) is 131 Å². The minimum atomic E-state index is -0.0214. The Morgan fingerprint density at radius 3 is 2.15 bits per heavy atom. The zero-order chi connectivity index (χ0) is 18.8. The van der Waals surface area contributed by atoms with E-state index in [1.165, 1.54) is 69.8 Å². The Hall–Kier alpha value is -1.11. The number of rotatable bonds is 3. The fourth-order valence-electron chi connectivity index (χ4n) is 6.60. The van der Waals surface area contributed by atoms with Crippen LogP contribution in [0.5, 0.6) is 0 Å². The van der Waals surface area contributed by atoms with Crippen LogP contribution in [0.15, 0.2) is 30.4 Å². The zero-order valence-electron chi connectivity index (χ0n) is 17.3. The van der Waals surface area contributed by atoms with Crippen molar-refractivity contribution in [3.8, 4) is 0 Å². The number of hydrogen-bond donors (Lipinski definition) is 0. The quantitative estimate of drug-likeness (QED) is 0.477. The molecule has 4 unspecified atom stereocenters. The second-order valence-corrected chi connectivity index (χ2v) is 9.81. The predicted octanol–water partition coefficient (Wildman–Crippen LogP) is 7.82. The second-order valence-electron chi connectivity index (χ2n) is 9.81. The molecular weight excluding hydrogens is 331 g/mol. The minimum Gasteiger partial charge on any atom is -0.207 e. The molecular formula is C26H37F. The third-order valence-corrected chi connectivity index (χ3v) is 8.27. The highest BCUT2D eigenvalue weighted by Gasteiger charge is 2.38. The lowest BCUT2D eigenvalue weighted by molar-refractivity contribution is 0.0748. The summed E-state index contributed by atoms with van der Waals surface area (Å²) in [7, 11) is 0. The summed E-state index contributed by atoms with van der Waals surface area (Å²) in [6.45, 7) is 4.03. The van der Waals surface area contributed by atoms with Crippen LogP contribution in [0.3, 0.4) is 0 Å². The highest BCUT2D eigenvalue weighted by molar-refractivity contribution is 5.26. The van der Waals surface area contributed by atoms with Crippen molar-refractivity contribution >= 4 is 0 Å². The van der Waals surface area contributed by atoms with Gasteiger partial charge in [0.25, 0.3) is 0 Å². The summed E-state index contributed by atoms with van der Waals surface area (Å²) >= 11 is 0. The van der Waals surface area contributed by atoms with Crippen LogP contribution in [0.25, 0.3) is 0 Å². The molecule has 0 amide bonds. The van der Waals surface area contributed by atoms with E-state index in [1.807, 2.05) is 19.1 Å². The third kappa shape index (κ3) is 4.33. The van der Waals surface area contributed by atoms with Gasteiger partial charge in [-0.3, -0.25) is 0 Å². The summed E-state index contributed by atoms with van der Waals surface area (Å²) in [5, 5.41) is 0. The van der Waals surface area contributed by atoms with Gasteiger partial charge in [-0.1, -0.05) is 24.3 Å². The number of hydrogen-bond acceptors (Lipinski definition) is 0. The third-order valence-electron chi connectivity index (χ3n) is 8.27. The van der Waals surface area contributed by atoms with Crippen LogP contribution < -0.4 is 0 Å². The lowest BCUT2D eigenvalue weighted by atomic mass is 9.60. The van der Waals surface area contributed by atoms with Gasteiger partial charge in [0.2, 0.25) is 0 Å². The van der Waals surface area contributed by atoms with Gasteiger partial charge in [-0.2, -0.15) is 0 Å². The minimum absolute atomic E-state index is 0.0214. The molecule has 4 atom stereocenters. The lowest BCUT2D eigenvalue weighted by Gasteiger charge is -2.45. The van der Waals surface area contributed by atoms with Gasteiger partial charge in [0, 0.05) is 0 Å². The maximum Gasteiger partial charge on any atom is 0.126 e. The number of benzene rings is 1. The van der Waals surface area contributed by atoms with Crippen molar-refractivity contribution in [3.05, 3.63) is 47.3 Å². The van der Waals surface area contributed by atoms with Gasteiger partial charge in [-0.25, -0.2) is 4.39 Å². The van der Waals surface area contributed by atoms with Crippen LogP contribution in [0, 0.1) is 42.3 Å². The molecule has 0 saturated heterocycles. The second kappa shape index (κ2) is 8.50. The maximum absolute atomic E-state index is 14.0. The zero-order valence-corrected chi connectivity index (χ0v) is 17.3. The van der Waals surface area contributed by atoms with E-state index in [-0.39, 0.29) is 5.82 Å². The van der Waals surface area contributed by atoms with E-state index in [0.717, 1.165) is 35.2 Å². The van der Waals surface area contributed by atoms with Crippen LogP contribution in [0.1, 0.15) is 88.2 Å². The molecule has 0 radical (unpaired) electrons. The molecule has 27 heavy (non-hydrogen) atoms. The van der Waals surface area contributed by atoms with E-state index in [1.54, 1.807) is 0 Å². The van der Waals surface area contributed by atoms with E-state index in [4.69, 9.17) is 0 Å². The van der Waals surface area contributed by atoms with Gasteiger partial charge in [0.15, 0.2) is 0 Å². The Morgan fingerprint density at radius 2 is 1.44 bits per heavy atom. The van der Waals surface area contributed by atoms with E-state index in [2.05, 4.69) is 25.1 Å². The lowest BCUT2D eigenvalue weighted by Crippen LogP contribution is -2.34. The van der Waals surface area contributed by atoms with Crippen molar-refractivity contribution in [1.82, 2.24) is 0 Å². The van der Waals surface area contributed by atoms with E-state index in [0.29, 0.717) is 5.92 Å². The Morgan fingerprint density at radius 1 is 0.815 bits per heavy atom. The number of halogens is 1. The molecule has 0 bridgehead atoms. The fourth-order valence-corrected chi connectivity index (χ4v) is 6.60. The number of fused-ring (bicyclic) bond motifs is 1. The topological polar surface area (TPSA) is 0 Å². The molecule has 1 aromatic rings. The van der Waals surface area contributed by atoms with Crippen molar-refractivity contribution in [3.63, 3.8) is 0 Å². The van der Waals surface area contributed by atoms with E-state index < -0.39 is 0 Å². The van der Waals surface area contributed by atoms with Crippen LogP contribution in [-0.4, -0.2) is 0 Å². The first-order valence-corrected chi connectivity index (χ1v) is 11.5. The Labute approximate surface area is 165 Å². The molecule has 0 nitrogen and oxygen atoms in total. The smallest absolute Gasteiger partial charge is 0.126 e. The van der Waals surface area contributed by atoms with Crippen LogP contribution in [0.2, 0.25) is 0 Å². The molecule has 3 saturated carbocycles. The number of allylic oxidation sites excluding steroid dienone is 2. The fraction of sp³-hybridized carbons (Fsp3) is 0.692. The summed E-state index contributed by atoms with van der Waals surface area (Å²) in [4.78, 5) is 0. The summed E-state index contributed by atoms with van der Waals surface area (Å²) < 4.78 is 14.0. The highest BCUT2D eigenvalue weighted by Crippen LogP contribution is 2.50. The highest BCUT2D eigenvalue weighted by atomic mass is 19.1. The van der Waals surface area contributed by atoms with Gasteiger partial charge in [0.05, 0.1) is 0 Å². The van der Waals surface area contributed by atoms with E-state index >= 15 is 0 Å². The molecule has 3 fully saturated rings. The van der Waals surface area contributed by atoms with Crippen molar-refractivity contribution < 1.29 is 4.39 Å². The van der Waals surface area contributed by atoms with Crippen molar-refractivity contribution in [2.24, 2.45) is 29.6 Å². The standard InChI is InChI=1S/C26H37F/c1-3-4-19-6-9-20(10-7-19)21-11-12-23-16-24(14-13-22(23)15-21)25-8-5-18(2)26(27)17-25/h3-5,8,17,19-24H,6-7,9-16H2,1-2H3/b4-3+. The summed E-state index contributed by atoms with van der Waals surface area (Å²) in [6, 6.07) is 5.96. The molecule has 0 aromatic heterocycles. The molecule has 0 spiro atoms. The molecule has 3 aliphatic rings. The van der Waals surface area contributed by atoms with Crippen LogP contribution in [0.4, 0.5) is 4.39 Å². The first-order valence-electron chi connectivity index (χ1n) is 11.5. The maximum atomic E-state index is 14.0. The van der Waals surface area contributed by atoms with Crippen molar-refractivity contribution in [2.75, 3.05) is 0 Å². The van der Waals surface area contributed by atoms with E-state index in [9.17, 15) is 4.39 Å². The predicted molar refractivity (Wildman–Crippen MR) is 112 cm³/mol. The number of aryl methyl sites for hydroxylation is 1. The SMILES string of the molecule is C/C=C/C1CCC(C2CCC3CC(c4ccc(C)c(F)c4)CCC3C2)CC1. The average molecular weight is 369 g/mol. The first-order chi connectivity index (χ1) is 13.1. The largest absolute Gasteiger partial charge is 0.207 e. The molecule has 1 heteroatoms. The van der Waals surface area contributed by atoms with Gasteiger partial charge < -0.3 is 0 Å².